The molecular formula is C23H23N3. The van der Waals surface area contributed by atoms with Crippen LogP contribution in [0, 0.1) is 0 Å². The molecule has 0 fully saturated rings. The number of rotatable bonds is 5. The highest BCUT2D eigenvalue weighted by Gasteiger charge is 2.12. The maximum Gasteiger partial charge on any atom is 0.123 e. The molecule has 0 atom stereocenters. The average molecular weight is 341 g/mol. The smallest absolute Gasteiger partial charge is 0.123 e. The Kier molecular flexibility index (Phi) is 4.55. The maximum atomic E-state index is 5.85. The van der Waals surface area contributed by atoms with Crippen molar-refractivity contribution in [3.8, 4) is 0 Å². The number of nitrogens with zero attached hydrogens (tertiary/aromatic N) is 2. The number of pyridine rings is 1. The van der Waals surface area contributed by atoms with Gasteiger partial charge >= 0.3 is 0 Å². The van der Waals surface area contributed by atoms with Crippen LogP contribution in [0.5, 0.6) is 0 Å². The second kappa shape index (κ2) is 7.14. The van der Waals surface area contributed by atoms with Gasteiger partial charge in [-0.05, 0) is 51.9 Å². The standard InChI is InChI=1S/C23H23N3/c1-2-26(15-19-10-7-13-23(24)25-19)16-22-20-11-5-3-8-17(20)14-18-9-4-6-12-21(18)22/h3-14H,2,15-16H2,1H3,(H2,24,25). The summed E-state index contributed by atoms with van der Waals surface area (Å²) in [4.78, 5) is 6.88. The third-order valence-corrected chi connectivity index (χ3v) is 4.93. The molecule has 0 aliphatic heterocycles. The first-order chi connectivity index (χ1) is 12.7. The number of fused-ring (bicyclic) bond motifs is 2. The molecular weight excluding hydrogens is 318 g/mol. The summed E-state index contributed by atoms with van der Waals surface area (Å²) in [7, 11) is 0. The van der Waals surface area contributed by atoms with Gasteiger partial charge in [-0.25, -0.2) is 4.98 Å². The third-order valence-electron chi connectivity index (χ3n) is 4.93. The Bertz CT molecular complexity index is 1000. The molecule has 4 rings (SSSR count). The van der Waals surface area contributed by atoms with E-state index < -0.39 is 0 Å². The predicted molar refractivity (Wildman–Crippen MR) is 110 cm³/mol. The monoisotopic (exact) mass is 341 g/mol. The van der Waals surface area contributed by atoms with Crippen molar-refractivity contribution in [2.24, 2.45) is 0 Å². The van der Waals surface area contributed by atoms with Crippen molar-refractivity contribution in [3.05, 3.63) is 84.1 Å². The number of hydrogen-bond acceptors (Lipinski definition) is 3. The first-order valence-electron chi connectivity index (χ1n) is 9.07. The fourth-order valence-corrected chi connectivity index (χ4v) is 3.60. The van der Waals surface area contributed by atoms with Crippen molar-refractivity contribution >= 4 is 27.4 Å². The Hall–Kier alpha value is -2.91. The Morgan fingerprint density at radius 3 is 2.08 bits per heavy atom. The number of benzene rings is 3. The number of aromatic nitrogens is 1. The second-order valence-corrected chi connectivity index (χ2v) is 6.65. The maximum absolute atomic E-state index is 5.85. The van der Waals surface area contributed by atoms with E-state index in [-0.39, 0.29) is 0 Å². The van der Waals surface area contributed by atoms with Gasteiger partial charge < -0.3 is 5.73 Å². The molecule has 130 valence electrons. The molecule has 1 aromatic heterocycles. The lowest BCUT2D eigenvalue weighted by Crippen LogP contribution is -2.23. The summed E-state index contributed by atoms with van der Waals surface area (Å²) in [5.41, 5.74) is 8.24. The van der Waals surface area contributed by atoms with Gasteiger partial charge in [0.05, 0.1) is 5.69 Å². The minimum absolute atomic E-state index is 0.578. The van der Waals surface area contributed by atoms with Crippen LogP contribution in [-0.4, -0.2) is 16.4 Å². The molecule has 1 heterocycles. The first kappa shape index (κ1) is 16.6. The first-order valence-corrected chi connectivity index (χ1v) is 9.07. The Morgan fingerprint density at radius 1 is 0.808 bits per heavy atom. The van der Waals surface area contributed by atoms with Crippen molar-refractivity contribution in [3.63, 3.8) is 0 Å². The van der Waals surface area contributed by atoms with Gasteiger partial charge in [-0.15, -0.1) is 0 Å². The lowest BCUT2D eigenvalue weighted by atomic mass is 9.96. The SMILES string of the molecule is CCN(Cc1cccc(N)n1)Cc1c2ccccc2cc2ccccc12. The quantitative estimate of drug-likeness (QED) is 0.520. The van der Waals surface area contributed by atoms with E-state index >= 15 is 0 Å². The molecule has 4 aromatic rings. The lowest BCUT2D eigenvalue weighted by Gasteiger charge is -2.22. The molecule has 0 aliphatic rings. The highest BCUT2D eigenvalue weighted by Crippen LogP contribution is 2.29. The van der Waals surface area contributed by atoms with E-state index in [1.165, 1.54) is 27.1 Å². The number of hydrogen-bond donors (Lipinski definition) is 1. The van der Waals surface area contributed by atoms with Crippen molar-refractivity contribution in [1.29, 1.82) is 0 Å². The molecule has 3 heteroatoms. The minimum Gasteiger partial charge on any atom is -0.384 e. The summed E-state index contributed by atoms with van der Waals surface area (Å²) < 4.78 is 0. The Balaban J connectivity index is 1.76. The summed E-state index contributed by atoms with van der Waals surface area (Å²) in [6.45, 7) is 4.82. The Morgan fingerprint density at radius 2 is 1.46 bits per heavy atom. The van der Waals surface area contributed by atoms with Gasteiger partial charge in [0.1, 0.15) is 5.82 Å². The summed E-state index contributed by atoms with van der Waals surface area (Å²) in [6.07, 6.45) is 0. The summed E-state index contributed by atoms with van der Waals surface area (Å²) >= 11 is 0. The van der Waals surface area contributed by atoms with E-state index in [0.717, 1.165) is 25.3 Å². The van der Waals surface area contributed by atoms with Gasteiger partial charge in [0.15, 0.2) is 0 Å². The van der Waals surface area contributed by atoms with Crippen LogP contribution >= 0.6 is 0 Å². The van der Waals surface area contributed by atoms with Gasteiger partial charge in [0.2, 0.25) is 0 Å². The van der Waals surface area contributed by atoms with E-state index in [1.54, 1.807) is 0 Å². The molecule has 0 unspecified atom stereocenters. The van der Waals surface area contributed by atoms with E-state index in [1.807, 2.05) is 18.2 Å². The molecule has 0 bridgehead atoms. The van der Waals surface area contributed by atoms with Gasteiger partial charge in [-0.2, -0.15) is 0 Å². The van der Waals surface area contributed by atoms with E-state index in [2.05, 4.69) is 71.4 Å². The highest BCUT2D eigenvalue weighted by molar-refractivity contribution is 6.02. The van der Waals surface area contributed by atoms with Crippen LogP contribution in [0.1, 0.15) is 18.2 Å². The van der Waals surface area contributed by atoms with Crippen LogP contribution in [0.4, 0.5) is 5.82 Å². The van der Waals surface area contributed by atoms with Crippen molar-refractivity contribution in [2.45, 2.75) is 20.0 Å². The van der Waals surface area contributed by atoms with Crippen molar-refractivity contribution in [1.82, 2.24) is 9.88 Å². The molecule has 0 amide bonds. The summed E-state index contributed by atoms with van der Waals surface area (Å²) in [5, 5.41) is 5.23. The van der Waals surface area contributed by atoms with E-state index in [9.17, 15) is 0 Å². The zero-order valence-corrected chi connectivity index (χ0v) is 15.0. The normalized spacial score (nSPS) is 11.5. The zero-order chi connectivity index (χ0) is 17.9. The fraction of sp³-hybridized carbons (Fsp3) is 0.174. The summed E-state index contributed by atoms with van der Waals surface area (Å²) in [6, 6.07) is 25.4. The number of nitrogen functional groups attached to an aromatic ring is 1. The van der Waals surface area contributed by atoms with Gasteiger partial charge in [-0.1, -0.05) is 61.5 Å². The molecule has 0 saturated heterocycles. The highest BCUT2D eigenvalue weighted by atomic mass is 15.1. The molecule has 0 saturated carbocycles. The van der Waals surface area contributed by atoms with Crippen LogP contribution in [0.25, 0.3) is 21.5 Å². The van der Waals surface area contributed by atoms with Crippen LogP contribution in [0.15, 0.2) is 72.8 Å². The second-order valence-electron chi connectivity index (χ2n) is 6.65. The predicted octanol–water partition coefficient (Wildman–Crippen LogP) is 4.99. The van der Waals surface area contributed by atoms with E-state index in [4.69, 9.17) is 5.73 Å². The van der Waals surface area contributed by atoms with Gasteiger partial charge in [0, 0.05) is 13.1 Å². The number of nitrogens with two attached hydrogens (primary N) is 1. The van der Waals surface area contributed by atoms with Crippen molar-refractivity contribution < 1.29 is 0 Å². The van der Waals surface area contributed by atoms with Crippen LogP contribution < -0.4 is 5.73 Å². The number of anilines is 1. The Labute approximate surface area is 154 Å². The molecule has 3 aromatic carbocycles. The van der Waals surface area contributed by atoms with Crippen LogP contribution in [0.2, 0.25) is 0 Å². The summed E-state index contributed by atoms with van der Waals surface area (Å²) in [5.74, 6) is 0.578. The largest absolute Gasteiger partial charge is 0.384 e. The fourth-order valence-electron chi connectivity index (χ4n) is 3.60. The lowest BCUT2D eigenvalue weighted by molar-refractivity contribution is 0.270. The molecule has 0 spiro atoms. The topological polar surface area (TPSA) is 42.1 Å². The van der Waals surface area contributed by atoms with Crippen LogP contribution in [-0.2, 0) is 13.1 Å². The minimum atomic E-state index is 0.578. The molecule has 26 heavy (non-hydrogen) atoms. The molecule has 0 aliphatic carbocycles. The van der Waals surface area contributed by atoms with Crippen LogP contribution in [0.3, 0.4) is 0 Å². The van der Waals surface area contributed by atoms with Crippen molar-refractivity contribution in [2.75, 3.05) is 12.3 Å². The van der Waals surface area contributed by atoms with Gasteiger partial charge in [-0.3, -0.25) is 4.90 Å². The van der Waals surface area contributed by atoms with E-state index in [0.29, 0.717) is 5.82 Å². The zero-order valence-electron chi connectivity index (χ0n) is 15.0. The third kappa shape index (κ3) is 3.26. The molecule has 3 nitrogen and oxygen atoms in total. The molecule has 0 radical (unpaired) electrons. The molecule has 2 N–H and O–H groups in total. The van der Waals surface area contributed by atoms with Gasteiger partial charge in [0.25, 0.3) is 0 Å². The average Bonchev–Trinajstić information content (AvgIpc) is 2.67.